The summed E-state index contributed by atoms with van der Waals surface area (Å²) >= 11 is 1.62. The van der Waals surface area contributed by atoms with Crippen LogP contribution in [-0.2, 0) is 19.1 Å². The molecule has 7 nitrogen and oxygen atoms in total. The molecule has 2 aromatic carbocycles. The molecule has 0 spiro atoms. The molecule has 3 fully saturated rings. The van der Waals surface area contributed by atoms with E-state index < -0.39 is 6.04 Å². The van der Waals surface area contributed by atoms with Gasteiger partial charge in [0.05, 0.1) is 28.4 Å². The fraction of sp³-hybridized carbons (Fsp3) is 0.407. The van der Waals surface area contributed by atoms with Crippen LogP contribution in [0, 0.1) is 12.8 Å². The van der Waals surface area contributed by atoms with Gasteiger partial charge < -0.3 is 9.64 Å². The van der Waals surface area contributed by atoms with Crippen LogP contribution in [0.4, 0.5) is 5.69 Å². The van der Waals surface area contributed by atoms with Gasteiger partial charge in [0.2, 0.25) is 11.8 Å². The Morgan fingerprint density at radius 2 is 1.94 bits per heavy atom. The zero-order valence-corrected chi connectivity index (χ0v) is 20.4. The van der Waals surface area contributed by atoms with Crippen molar-refractivity contribution >= 4 is 45.0 Å². The number of aryl methyl sites for hydroxylation is 1. The number of amides is 3. The van der Waals surface area contributed by atoms with Crippen molar-refractivity contribution in [2.45, 2.75) is 51.2 Å². The maximum atomic E-state index is 13.4. The number of nitrogens with zero attached hydrogens (tertiary/aromatic N) is 3. The summed E-state index contributed by atoms with van der Waals surface area (Å²) in [5.41, 5.74) is 3.61. The molecule has 0 radical (unpaired) electrons. The Labute approximate surface area is 207 Å². The van der Waals surface area contributed by atoms with Gasteiger partial charge in [0.15, 0.2) is 0 Å². The first-order valence-electron chi connectivity index (χ1n) is 12.2. The van der Waals surface area contributed by atoms with Crippen LogP contribution in [0.5, 0.6) is 0 Å². The van der Waals surface area contributed by atoms with Crippen LogP contribution in [-0.4, -0.2) is 52.9 Å². The number of carbonyl (C=O) groups is 3. The SMILES string of the molecule is Cc1ccc2nc(-c3ccc(N4C(=O)CC(N(CC5CCCO5)C(=O)C5CC5)C4=O)cc3)sc2c1. The third-order valence-electron chi connectivity index (χ3n) is 7.05. The van der Waals surface area contributed by atoms with Gasteiger partial charge in [-0.2, -0.15) is 0 Å². The second-order valence-corrected chi connectivity index (χ2v) is 10.8. The van der Waals surface area contributed by atoms with E-state index in [1.54, 1.807) is 28.4 Å². The van der Waals surface area contributed by atoms with E-state index in [0.29, 0.717) is 18.8 Å². The monoisotopic (exact) mass is 489 g/mol. The van der Waals surface area contributed by atoms with E-state index >= 15 is 0 Å². The third kappa shape index (κ3) is 4.25. The molecule has 2 unspecified atom stereocenters. The summed E-state index contributed by atoms with van der Waals surface area (Å²) in [5.74, 6) is -0.644. The Bertz CT molecular complexity index is 1310. The lowest BCUT2D eigenvalue weighted by Crippen LogP contribution is -2.49. The molecule has 3 amide bonds. The predicted molar refractivity (Wildman–Crippen MR) is 134 cm³/mol. The van der Waals surface area contributed by atoms with Crippen LogP contribution in [0.25, 0.3) is 20.8 Å². The van der Waals surface area contributed by atoms with E-state index in [9.17, 15) is 14.4 Å². The normalized spacial score (nSPS) is 22.4. The zero-order valence-electron chi connectivity index (χ0n) is 19.6. The fourth-order valence-electron chi connectivity index (χ4n) is 4.98. The number of thiazole rings is 1. The molecule has 3 aliphatic rings. The van der Waals surface area contributed by atoms with Crippen molar-refractivity contribution < 1.29 is 19.1 Å². The van der Waals surface area contributed by atoms with E-state index in [1.807, 2.05) is 24.3 Å². The second-order valence-electron chi connectivity index (χ2n) is 9.72. The number of imide groups is 1. The highest BCUT2D eigenvalue weighted by molar-refractivity contribution is 7.21. The molecule has 0 N–H and O–H groups in total. The van der Waals surface area contributed by atoms with Crippen LogP contribution >= 0.6 is 11.3 Å². The number of rotatable bonds is 6. The molecule has 1 saturated carbocycles. The first-order chi connectivity index (χ1) is 17.0. The van der Waals surface area contributed by atoms with Crippen LogP contribution < -0.4 is 4.90 Å². The Morgan fingerprint density at radius 3 is 2.66 bits per heavy atom. The molecule has 1 aliphatic carbocycles. The maximum Gasteiger partial charge on any atom is 0.257 e. The molecule has 0 bridgehead atoms. The molecule has 8 heteroatoms. The van der Waals surface area contributed by atoms with Crippen molar-refractivity contribution in [3.8, 4) is 10.6 Å². The molecule has 6 rings (SSSR count). The third-order valence-corrected chi connectivity index (χ3v) is 8.12. The number of ether oxygens (including phenoxy) is 1. The highest BCUT2D eigenvalue weighted by Gasteiger charge is 2.47. The summed E-state index contributed by atoms with van der Waals surface area (Å²) in [6, 6.07) is 12.8. The summed E-state index contributed by atoms with van der Waals surface area (Å²) in [6.07, 6.45) is 3.49. The summed E-state index contributed by atoms with van der Waals surface area (Å²) in [7, 11) is 0. The molecule has 35 heavy (non-hydrogen) atoms. The van der Waals surface area contributed by atoms with Crippen molar-refractivity contribution in [1.82, 2.24) is 9.88 Å². The van der Waals surface area contributed by atoms with Crippen LogP contribution in [0.3, 0.4) is 0 Å². The molecule has 2 atom stereocenters. The van der Waals surface area contributed by atoms with Crippen LogP contribution in [0.2, 0.25) is 0 Å². The first kappa shape index (κ1) is 22.4. The highest BCUT2D eigenvalue weighted by Crippen LogP contribution is 2.36. The molecule has 1 aromatic heterocycles. The van der Waals surface area contributed by atoms with Crippen molar-refractivity contribution in [1.29, 1.82) is 0 Å². The molecular formula is C27H27N3O4S. The van der Waals surface area contributed by atoms with Gasteiger partial charge in [-0.05, 0) is 74.6 Å². The van der Waals surface area contributed by atoms with Gasteiger partial charge in [0.1, 0.15) is 11.0 Å². The number of carbonyl (C=O) groups excluding carboxylic acids is 3. The van der Waals surface area contributed by atoms with Crippen molar-refractivity contribution in [3.05, 3.63) is 48.0 Å². The number of aromatic nitrogens is 1. The standard InChI is InChI=1S/C27H27N3O4S/c1-16-4-11-21-23(13-16)35-25(28-21)17-7-9-19(10-8-17)30-24(31)14-22(27(30)33)29(26(32)18-5-6-18)15-20-3-2-12-34-20/h4,7-11,13,18,20,22H,2-3,5-6,12,14-15H2,1H3. The summed E-state index contributed by atoms with van der Waals surface area (Å²) in [4.78, 5) is 47.1. The van der Waals surface area contributed by atoms with Crippen LogP contribution in [0.1, 0.15) is 37.7 Å². The molecule has 3 heterocycles. The Balaban J connectivity index is 1.23. The number of fused-ring (bicyclic) bond motifs is 1. The van der Waals surface area contributed by atoms with Gasteiger partial charge >= 0.3 is 0 Å². The largest absolute Gasteiger partial charge is 0.376 e. The average molecular weight is 490 g/mol. The van der Waals surface area contributed by atoms with E-state index in [4.69, 9.17) is 9.72 Å². The summed E-state index contributed by atoms with van der Waals surface area (Å²) in [6.45, 7) is 3.12. The lowest BCUT2D eigenvalue weighted by molar-refractivity contribution is -0.141. The quantitative estimate of drug-likeness (QED) is 0.482. The molecule has 180 valence electrons. The van der Waals surface area contributed by atoms with E-state index in [1.165, 1.54) is 10.5 Å². The molecule has 2 saturated heterocycles. The second kappa shape index (κ2) is 8.84. The number of hydrogen-bond acceptors (Lipinski definition) is 6. The van der Waals surface area contributed by atoms with Crippen molar-refractivity contribution in [2.24, 2.45) is 5.92 Å². The number of hydrogen-bond donors (Lipinski definition) is 0. The van der Waals surface area contributed by atoms with Gasteiger partial charge in [-0.25, -0.2) is 9.88 Å². The summed E-state index contributed by atoms with van der Waals surface area (Å²) in [5, 5.41) is 0.895. The minimum Gasteiger partial charge on any atom is -0.376 e. The Morgan fingerprint density at radius 1 is 1.14 bits per heavy atom. The van der Waals surface area contributed by atoms with Gasteiger partial charge in [-0.1, -0.05) is 6.07 Å². The van der Waals surface area contributed by atoms with Crippen molar-refractivity contribution in [3.63, 3.8) is 0 Å². The topological polar surface area (TPSA) is 79.8 Å². The van der Waals surface area contributed by atoms with Gasteiger partial charge in [-0.3, -0.25) is 14.4 Å². The van der Waals surface area contributed by atoms with E-state index in [0.717, 1.165) is 46.5 Å². The number of benzene rings is 2. The average Bonchev–Trinajstić information content (AvgIpc) is 3.28. The predicted octanol–water partition coefficient (Wildman–Crippen LogP) is 4.32. The van der Waals surface area contributed by atoms with Crippen LogP contribution in [0.15, 0.2) is 42.5 Å². The minimum atomic E-state index is -0.757. The van der Waals surface area contributed by atoms with Gasteiger partial charge in [0, 0.05) is 24.6 Å². The zero-order chi connectivity index (χ0) is 24.1. The lowest BCUT2D eigenvalue weighted by atomic mass is 10.1. The lowest BCUT2D eigenvalue weighted by Gasteiger charge is -2.30. The molecule has 2 aliphatic heterocycles. The fourth-order valence-corrected chi connectivity index (χ4v) is 6.05. The smallest absolute Gasteiger partial charge is 0.257 e. The Kier molecular flexibility index (Phi) is 5.65. The molecule has 3 aromatic rings. The maximum absolute atomic E-state index is 13.4. The minimum absolute atomic E-state index is 0.0169. The first-order valence-corrected chi connectivity index (χ1v) is 13.1. The summed E-state index contributed by atoms with van der Waals surface area (Å²) < 4.78 is 6.87. The number of anilines is 1. The highest BCUT2D eigenvalue weighted by atomic mass is 32.1. The van der Waals surface area contributed by atoms with Gasteiger partial charge in [-0.15, -0.1) is 11.3 Å². The Hall–Kier alpha value is -3.10. The van der Waals surface area contributed by atoms with E-state index in [2.05, 4.69) is 13.0 Å². The van der Waals surface area contributed by atoms with Gasteiger partial charge in [0.25, 0.3) is 5.91 Å². The molecular weight excluding hydrogens is 462 g/mol. The van der Waals surface area contributed by atoms with Crippen molar-refractivity contribution in [2.75, 3.05) is 18.1 Å². The van der Waals surface area contributed by atoms with E-state index in [-0.39, 0.29) is 36.2 Å².